The van der Waals surface area contributed by atoms with Crippen molar-refractivity contribution in [2.45, 2.75) is 56.8 Å². The second kappa shape index (κ2) is 14.9. The van der Waals surface area contributed by atoms with Crippen molar-refractivity contribution in [3.05, 3.63) is 47.2 Å². The fourth-order valence-corrected chi connectivity index (χ4v) is 4.31. The molecule has 0 bridgehead atoms. The van der Waals surface area contributed by atoms with E-state index in [1.165, 1.54) is 31.2 Å². The van der Waals surface area contributed by atoms with Crippen molar-refractivity contribution < 1.29 is 73.4 Å². The van der Waals surface area contributed by atoms with Gasteiger partial charge in [0, 0.05) is 24.8 Å². The predicted octanol–water partition coefficient (Wildman–Crippen LogP) is -1.09. The number of esters is 3. The highest BCUT2D eigenvalue weighted by Crippen LogP contribution is 2.36. The summed E-state index contributed by atoms with van der Waals surface area (Å²) in [6, 6.07) is 4.14. The van der Waals surface area contributed by atoms with E-state index in [-0.39, 0.29) is 42.3 Å². The maximum absolute atomic E-state index is 12.9. The first-order valence-electron chi connectivity index (χ1n) is 12.9. The third-order valence-electron chi connectivity index (χ3n) is 6.57. The van der Waals surface area contributed by atoms with Crippen LogP contribution in [-0.2, 0) is 49.2 Å². The number of phenols is 2. The van der Waals surface area contributed by atoms with Crippen LogP contribution >= 0.6 is 0 Å². The van der Waals surface area contributed by atoms with Crippen LogP contribution in [0.1, 0.15) is 18.9 Å². The van der Waals surface area contributed by atoms with Crippen LogP contribution in [0.3, 0.4) is 0 Å². The Morgan fingerprint density at radius 1 is 1.02 bits per heavy atom. The molecule has 15 heteroatoms. The molecule has 15 nitrogen and oxygen atoms in total. The molecule has 0 saturated carbocycles. The van der Waals surface area contributed by atoms with E-state index in [0.29, 0.717) is 5.56 Å². The molecule has 0 amide bonds. The van der Waals surface area contributed by atoms with Crippen LogP contribution in [0.4, 0.5) is 0 Å². The summed E-state index contributed by atoms with van der Waals surface area (Å²) in [5, 5.41) is 59.2. The second-order valence-corrected chi connectivity index (χ2v) is 9.42. The quantitative estimate of drug-likeness (QED) is 0.0769. The summed E-state index contributed by atoms with van der Waals surface area (Å²) in [5.41, 5.74) is 0.548. The lowest BCUT2D eigenvalue weighted by Gasteiger charge is -2.42. The third-order valence-corrected chi connectivity index (χ3v) is 6.57. The number of benzene rings is 1. The Morgan fingerprint density at radius 2 is 1.76 bits per heavy atom. The number of aliphatic hydroxyl groups is 4. The van der Waals surface area contributed by atoms with Crippen molar-refractivity contribution in [1.29, 1.82) is 0 Å². The van der Waals surface area contributed by atoms with Crippen LogP contribution in [0, 0.1) is 5.92 Å². The molecule has 1 aromatic rings. The van der Waals surface area contributed by atoms with E-state index in [0.717, 1.165) is 13.4 Å². The zero-order valence-corrected chi connectivity index (χ0v) is 22.8. The van der Waals surface area contributed by atoms with Crippen LogP contribution in [0.5, 0.6) is 11.5 Å². The smallest absolute Gasteiger partial charge is 0.337 e. The van der Waals surface area contributed by atoms with E-state index in [1.54, 1.807) is 0 Å². The van der Waals surface area contributed by atoms with Gasteiger partial charge in [-0.25, -0.2) is 4.79 Å². The van der Waals surface area contributed by atoms with Gasteiger partial charge in [0.25, 0.3) is 0 Å². The first kappa shape index (κ1) is 32.8. The summed E-state index contributed by atoms with van der Waals surface area (Å²) in [4.78, 5) is 36.8. The second-order valence-electron chi connectivity index (χ2n) is 9.42. The van der Waals surface area contributed by atoms with Gasteiger partial charge in [0.05, 0.1) is 38.6 Å². The molecule has 0 aliphatic carbocycles. The Hall–Kier alpha value is -3.73. The first-order valence-corrected chi connectivity index (χ1v) is 12.9. The van der Waals surface area contributed by atoms with Crippen LogP contribution in [0.2, 0.25) is 0 Å². The highest BCUT2D eigenvalue weighted by molar-refractivity contribution is 5.90. The number of carbonyl (C=O) groups excluding carboxylic acids is 3. The number of carbonyl (C=O) groups is 3. The zero-order valence-electron chi connectivity index (χ0n) is 22.8. The fraction of sp³-hybridized carbons (Fsp3) is 0.519. The molecular formula is C27H34O15. The number of aliphatic hydroxyl groups excluding tert-OH is 4. The predicted molar refractivity (Wildman–Crippen MR) is 137 cm³/mol. The molecule has 0 unspecified atom stereocenters. The third kappa shape index (κ3) is 8.18. The average Bonchev–Trinajstić information content (AvgIpc) is 2.95. The number of phenolic OH excluding ortho intramolecular Hbond substituents is 2. The molecule has 1 fully saturated rings. The summed E-state index contributed by atoms with van der Waals surface area (Å²) >= 11 is 0. The Kier molecular flexibility index (Phi) is 11.7. The van der Waals surface area contributed by atoms with Gasteiger partial charge in [-0.15, -0.1) is 0 Å². The minimum Gasteiger partial charge on any atom is -0.504 e. The van der Waals surface area contributed by atoms with Crippen molar-refractivity contribution in [3.8, 4) is 11.5 Å². The van der Waals surface area contributed by atoms with Crippen LogP contribution in [0.25, 0.3) is 0 Å². The first-order chi connectivity index (χ1) is 20.0. The average molecular weight is 599 g/mol. The van der Waals surface area contributed by atoms with Crippen LogP contribution < -0.4 is 0 Å². The summed E-state index contributed by atoms with van der Waals surface area (Å²) in [5.74, 6) is -3.97. The van der Waals surface area contributed by atoms with E-state index in [9.17, 15) is 45.0 Å². The summed E-state index contributed by atoms with van der Waals surface area (Å²) < 4.78 is 31.8. The molecular weight excluding hydrogens is 564 g/mol. The lowest BCUT2D eigenvalue weighted by Crippen LogP contribution is -2.60. The molecule has 232 valence electrons. The standard InChI is InChI=1S/C27H34O15/c1-13(29)38-8-6-15-16(10-21(32)39-7-5-14-3-4-18(30)19(31)9-14)17(25(36)37-2)12-40-26(15)42-27-24(35)23(34)22(33)20(11-28)41-27/h3-4,6,9,12,16,20,22-24,26-28,30-31,33-35H,5,7-8,10-11H2,1-2H3/b15-6+/t16-,20+,22+,23-,24+,26-,27-/m0/s1. The summed E-state index contributed by atoms with van der Waals surface area (Å²) in [7, 11) is 1.12. The van der Waals surface area contributed by atoms with Gasteiger partial charge in [0.15, 0.2) is 17.8 Å². The van der Waals surface area contributed by atoms with Crippen LogP contribution in [-0.4, -0.2) is 112 Å². The Bertz CT molecular complexity index is 1180. The van der Waals surface area contributed by atoms with Crippen molar-refractivity contribution in [2.75, 3.05) is 26.9 Å². The number of aromatic hydroxyl groups is 2. The monoisotopic (exact) mass is 598 g/mol. The van der Waals surface area contributed by atoms with E-state index < -0.39 is 73.8 Å². The maximum Gasteiger partial charge on any atom is 0.337 e. The molecule has 2 aliphatic heterocycles. The number of hydrogen-bond donors (Lipinski definition) is 6. The zero-order chi connectivity index (χ0) is 31.0. The summed E-state index contributed by atoms with van der Waals surface area (Å²) in [6.45, 7) is 0.0180. The van der Waals surface area contributed by atoms with E-state index in [2.05, 4.69) is 0 Å². The Balaban J connectivity index is 1.82. The number of hydrogen-bond acceptors (Lipinski definition) is 15. The van der Waals surface area contributed by atoms with Gasteiger partial charge >= 0.3 is 17.9 Å². The lowest BCUT2D eigenvalue weighted by atomic mass is 9.86. The Morgan fingerprint density at radius 3 is 2.40 bits per heavy atom. The van der Waals surface area contributed by atoms with Gasteiger partial charge in [-0.3, -0.25) is 9.59 Å². The van der Waals surface area contributed by atoms with Gasteiger partial charge in [-0.2, -0.15) is 0 Å². The van der Waals surface area contributed by atoms with Crippen LogP contribution in [0.15, 0.2) is 41.7 Å². The highest BCUT2D eigenvalue weighted by atomic mass is 16.8. The topological polar surface area (TPSA) is 228 Å². The molecule has 0 radical (unpaired) electrons. The van der Waals surface area contributed by atoms with Crippen molar-refractivity contribution in [3.63, 3.8) is 0 Å². The largest absolute Gasteiger partial charge is 0.504 e. The molecule has 7 atom stereocenters. The molecule has 0 aromatic heterocycles. The number of methoxy groups -OCH3 is 1. The molecule has 2 heterocycles. The van der Waals surface area contributed by atoms with Gasteiger partial charge in [0.2, 0.25) is 6.29 Å². The van der Waals surface area contributed by atoms with Gasteiger partial charge in [0.1, 0.15) is 31.0 Å². The van der Waals surface area contributed by atoms with E-state index in [1.807, 2.05) is 0 Å². The van der Waals surface area contributed by atoms with Crippen molar-refractivity contribution in [1.82, 2.24) is 0 Å². The molecule has 1 saturated heterocycles. The van der Waals surface area contributed by atoms with Gasteiger partial charge < -0.3 is 59.1 Å². The Labute approximate surface area is 240 Å². The molecule has 1 aromatic carbocycles. The minimum atomic E-state index is -1.78. The van der Waals surface area contributed by atoms with Gasteiger partial charge in [-0.05, 0) is 23.8 Å². The molecule has 6 N–H and O–H groups in total. The molecule has 0 spiro atoms. The highest BCUT2D eigenvalue weighted by Gasteiger charge is 2.47. The van der Waals surface area contributed by atoms with Crippen molar-refractivity contribution in [2.24, 2.45) is 5.92 Å². The summed E-state index contributed by atoms with van der Waals surface area (Å²) in [6.07, 6.45) is -7.49. The van der Waals surface area contributed by atoms with E-state index in [4.69, 9.17) is 28.4 Å². The van der Waals surface area contributed by atoms with E-state index >= 15 is 0 Å². The molecule has 2 aliphatic rings. The molecule has 3 rings (SSSR count). The fourth-order valence-electron chi connectivity index (χ4n) is 4.31. The van der Waals surface area contributed by atoms with Gasteiger partial charge in [-0.1, -0.05) is 6.07 Å². The normalized spacial score (nSPS) is 28.4. The minimum absolute atomic E-state index is 0.0801. The molecule has 42 heavy (non-hydrogen) atoms. The lowest BCUT2D eigenvalue weighted by molar-refractivity contribution is -0.327. The number of ether oxygens (including phenoxy) is 6. The number of rotatable bonds is 11. The SMILES string of the molecule is COC(=O)C1=CO[C@@H](O[C@@H]2O[C@H](CO)[C@@H](O)[C@H](O)[C@H]2O)/C(=C/COC(C)=O)[C@@H]1CC(=O)OCCc1ccc(O)c(O)c1. The maximum atomic E-state index is 12.9. The van der Waals surface area contributed by atoms with Crippen molar-refractivity contribution >= 4 is 17.9 Å².